The molecule has 0 aromatic heterocycles. The molecule has 0 aliphatic carbocycles. The fourth-order valence-electron chi connectivity index (χ4n) is 1.95. The molecular weight excluding hydrogens is 286 g/mol. The van der Waals surface area contributed by atoms with Crippen molar-refractivity contribution in [1.82, 2.24) is 0 Å². The Balaban J connectivity index is 3.30. The van der Waals surface area contributed by atoms with E-state index in [1.54, 1.807) is 17.0 Å². The van der Waals surface area contributed by atoms with Gasteiger partial charge in [-0.2, -0.15) is 8.78 Å². The van der Waals surface area contributed by atoms with Crippen LogP contribution in [0.15, 0.2) is 29.2 Å². The Morgan fingerprint density at radius 3 is 2.35 bits per heavy atom. The summed E-state index contributed by atoms with van der Waals surface area (Å²) in [7, 11) is -4.62. The molecule has 0 amide bonds. The molecule has 0 radical (unpaired) electrons. The van der Waals surface area contributed by atoms with E-state index < -0.39 is 15.6 Å². The van der Waals surface area contributed by atoms with Crippen molar-refractivity contribution < 1.29 is 17.2 Å². The number of nitrogens with zero attached hydrogens (tertiary/aromatic N) is 1. The zero-order chi connectivity index (χ0) is 15.3. The maximum atomic E-state index is 12.8. The lowest BCUT2D eigenvalue weighted by Crippen LogP contribution is -2.34. The fraction of sp³-hybridized carbons (Fsp3) is 0.538. The first kappa shape index (κ1) is 16.8. The molecular formula is C13H20F2N2O2S. The summed E-state index contributed by atoms with van der Waals surface area (Å²) in [6.45, 7) is 4.72. The number of alkyl halides is 2. The van der Waals surface area contributed by atoms with Crippen LogP contribution >= 0.6 is 0 Å². The van der Waals surface area contributed by atoms with Gasteiger partial charge in [-0.25, -0.2) is 8.42 Å². The number of benzene rings is 1. The summed E-state index contributed by atoms with van der Waals surface area (Å²) in [4.78, 5) is 1.45. The lowest BCUT2D eigenvalue weighted by Gasteiger charge is -2.30. The van der Waals surface area contributed by atoms with Crippen LogP contribution in [0.3, 0.4) is 0 Å². The molecule has 0 atom stereocenters. The van der Waals surface area contributed by atoms with Crippen molar-refractivity contribution >= 4 is 15.5 Å². The zero-order valence-corrected chi connectivity index (χ0v) is 12.4. The number of rotatable bonds is 7. The highest BCUT2D eigenvalue weighted by atomic mass is 32.2. The van der Waals surface area contributed by atoms with Crippen LogP contribution in [0.25, 0.3) is 0 Å². The summed E-state index contributed by atoms with van der Waals surface area (Å²) in [5.74, 6) is -3.42. The summed E-state index contributed by atoms with van der Waals surface area (Å²) in [5.41, 5.74) is 5.76. The normalized spacial score (nSPS) is 12.2. The molecule has 20 heavy (non-hydrogen) atoms. The van der Waals surface area contributed by atoms with E-state index >= 15 is 0 Å². The van der Waals surface area contributed by atoms with Crippen molar-refractivity contribution in [3.8, 4) is 0 Å². The Bertz CT molecular complexity index is 533. The van der Waals surface area contributed by atoms with E-state index in [2.05, 4.69) is 0 Å². The van der Waals surface area contributed by atoms with Gasteiger partial charge in [0.2, 0.25) is 9.84 Å². The van der Waals surface area contributed by atoms with Crippen molar-refractivity contribution in [1.29, 1.82) is 0 Å². The van der Waals surface area contributed by atoms with E-state index in [0.29, 0.717) is 25.2 Å². The molecule has 0 aliphatic heterocycles. The Morgan fingerprint density at radius 1 is 1.25 bits per heavy atom. The summed E-state index contributed by atoms with van der Waals surface area (Å²) in [6.07, 6.45) is 0.654. The Kier molecular flexibility index (Phi) is 5.88. The van der Waals surface area contributed by atoms with E-state index in [4.69, 9.17) is 5.73 Å². The van der Waals surface area contributed by atoms with Crippen molar-refractivity contribution in [2.75, 3.05) is 18.0 Å². The van der Waals surface area contributed by atoms with Crippen molar-refractivity contribution in [3.63, 3.8) is 0 Å². The average molecular weight is 306 g/mol. The monoisotopic (exact) mass is 306 g/mol. The molecule has 4 nitrogen and oxygen atoms in total. The van der Waals surface area contributed by atoms with Gasteiger partial charge in [0.1, 0.15) is 0 Å². The van der Waals surface area contributed by atoms with Crippen LogP contribution in [-0.4, -0.2) is 33.3 Å². The van der Waals surface area contributed by atoms with E-state index in [1.807, 2.05) is 13.8 Å². The van der Waals surface area contributed by atoms with Gasteiger partial charge in [0.25, 0.3) is 0 Å². The standard InChI is InChI=1S/C13H20F2N2O2S/c1-10(2)17(9-5-8-16)11-6-3-4-7-12(11)20(18,19)13(14)15/h3-4,6-7,10,13H,5,8-9,16H2,1-2H3. The Morgan fingerprint density at radius 2 is 1.85 bits per heavy atom. The minimum absolute atomic E-state index is 0.0180. The maximum Gasteiger partial charge on any atom is 0.341 e. The van der Waals surface area contributed by atoms with Gasteiger partial charge >= 0.3 is 5.76 Å². The second-order valence-corrected chi connectivity index (χ2v) is 6.59. The molecule has 1 aromatic carbocycles. The van der Waals surface area contributed by atoms with Gasteiger partial charge in [-0.05, 0) is 38.9 Å². The van der Waals surface area contributed by atoms with Crippen LogP contribution < -0.4 is 10.6 Å². The van der Waals surface area contributed by atoms with Gasteiger partial charge < -0.3 is 10.6 Å². The largest absolute Gasteiger partial charge is 0.368 e. The second-order valence-electron chi connectivity index (χ2n) is 4.70. The lowest BCUT2D eigenvalue weighted by molar-refractivity contribution is 0.234. The van der Waals surface area contributed by atoms with E-state index in [0.717, 1.165) is 0 Å². The van der Waals surface area contributed by atoms with Crippen molar-refractivity contribution in [3.05, 3.63) is 24.3 Å². The number of hydrogen-bond donors (Lipinski definition) is 1. The van der Waals surface area contributed by atoms with Crippen molar-refractivity contribution in [2.45, 2.75) is 37.0 Å². The first-order valence-corrected chi connectivity index (χ1v) is 7.94. The molecule has 0 heterocycles. The molecule has 0 spiro atoms. The SMILES string of the molecule is CC(C)N(CCCN)c1ccccc1S(=O)(=O)C(F)F. The first-order chi connectivity index (χ1) is 9.32. The average Bonchev–Trinajstić information content (AvgIpc) is 2.39. The molecule has 114 valence electrons. The van der Waals surface area contributed by atoms with Gasteiger partial charge in [-0.15, -0.1) is 0 Å². The minimum Gasteiger partial charge on any atom is -0.368 e. The number of anilines is 1. The minimum atomic E-state index is -4.62. The van der Waals surface area contributed by atoms with Crippen LogP contribution in [0.4, 0.5) is 14.5 Å². The molecule has 0 saturated carbocycles. The molecule has 0 fully saturated rings. The van der Waals surface area contributed by atoms with Crippen LogP contribution in [0.2, 0.25) is 0 Å². The predicted molar refractivity (Wildman–Crippen MR) is 75.8 cm³/mol. The Hall–Kier alpha value is -1.21. The van der Waals surface area contributed by atoms with E-state index in [1.165, 1.54) is 12.1 Å². The topological polar surface area (TPSA) is 63.4 Å². The van der Waals surface area contributed by atoms with Crippen LogP contribution in [0.1, 0.15) is 20.3 Å². The smallest absolute Gasteiger partial charge is 0.341 e. The highest BCUT2D eigenvalue weighted by Gasteiger charge is 2.30. The van der Waals surface area contributed by atoms with Gasteiger partial charge in [0.15, 0.2) is 0 Å². The molecule has 1 rings (SSSR count). The zero-order valence-electron chi connectivity index (χ0n) is 11.6. The van der Waals surface area contributed by atoms with Crippen LogP contribution in [0, 0.1) is 0 Å². The number of para-hydroxylation sites is 1. The first-order valence-electron chi connectivity index (χ1n) is 6.40. The summed E-state index contributed by atoms with van der Waals surface area (Å²) in [6, 6.07) is 5.83. The molecule has 2 N–H and O–H groups in total. The van der Waals surface area contributed by atoms with E-state index in [9.17, 15) is 17.2 Å². The fourth-order valence-corrected chi connectivity index (χ4v) is 2.89. The molecule has 0 bridgehead atoms. The number of halogens is 2. The summed E-state index contributed by atoms with van der Waals surface area (Å²) < 4.78 is 49.0. The number of sulfone groups is 1. The molecule has 7 heteroatoms. The van der Waals surface area contributed by atoms with Crippen LogP contribution in [-0.2, 0) is 9.84 Å². The second kappa shape index (κ2) is 6.99. The molecule has 0 unspecified atom stereocenters. The molecule has 0 aliphatic rings. The summed E-state index contributed by atoms with van der Waals surface area (Å²) >= 11 is 0. The predicted octanol–water partition coefficient (Wildman–Crippen LogP) is 2.25. The summed E-state index contributed by atoms with van der Waals surface area (Å²) in [5, 5.41) is 0. The van der Waals surface area contributed by atoms with Gasteiger partial charge in [-0.1, -0.05) is 12.1 Å². The molecule has 0 saturated heterocycles. The number of hydrogen-bond acceptors (Lipinski definition) is 4. The maximum absolute atomic E-state index is 12.8. The van der Waals surface area contributed by atoms with Gasteiger partial charge in [0.05, 0.1) is 10.6 Å². The van der Waals surface area contributed by atoms with E-state index in [-0.39, 0.29) is 10.9 Å². The van der Waals surface area contributed by atoms with Gasteiger partial charge in [0, 0.05) is 12.6 Å². The lowest BCUT2D eigenvalue weighted by atomic mass is 10.2. The number of nitrogens with two attached hydrogens (primary N) is 1. The highest BCUT2D eigenvalue weighted by molar-refractivity contribution is 7.91. The molecule has 1 aromatic rings. The van der Waals surface area contributed by atoms with Crippen molar-refractivity contribution in [2.24, 2.45) is 5.73 Å². The van der Waals surface area contributed by atoms with Crippen LogP contribution in [0.5, 0.6) is 0 Å². The third kappa shape index (κ3) is 3.67. The third-order valence-electron chi connectivity index (χ3n) is 2.94. The van der Waals surface area contributed by atoms with Gasteiger partial charge in [-0.3, -0.25) is 0 Å². The quantitative estimate of drug-likeness (QED) is 0.839. The third-order valence-corrected chi connectivity index (χ3v) is 4.37. The highest BCUT2D eigenvalue weighted by Crippen LogP contribution is 2.30. The Labute approximate surface area is 118 Å².